The second-order valence-electron chi connectivity index (χ2n) is 5.97. The fraction of sp³-hybridized carbons (Fsp3) is 0.867. The van der Waals surface area contributed by atoms with Crippen molar-refractivity contribution in [2.75, 3.05) is 0 Å². The summed E-state index contributed by atoms with van der Waals surface area (Å²) in [5.41, 5.74) is 0. The van der Waals surface area contributed by atoms with Crippen molar-refractivity contribution >= 4 is 5.91 Å². The lowest BCUT2D eigenvalue weighted by molar-refractivity contribution is -0.125. The Bertz CT molecular complexity index is 433. The van der Waals surface area contributed by atoms with Gasteiger partial charge >= 0.3 is 0 Å². The van der Waals surface area contributed by atoms with Gasteiger partial charge in [0, 0.05) is 5.92 Å². The van der Waals surface area contributed by atoms with E-state index < -0.39 is 0 Å². The van der Waals surface area contributed by atoms with Gasteiger partial charge in [-0.2, -0.15) is 0 Å². The molecule has 1 aromatic heterocycles. The van der Waals surface area contributed by atoms with Crippen LogP contribution in [0.4, 0.5) is 0 Å². The topological polar surface area (TPSA) is 72.7 Å². The molecule has 6 heteroatoms. The molecule has 1 saturated carbocycles. The van der Waals surface area contributed by atoms with Gasteiger partial charge in [0.2, 0.25) is 5.91 Å². The van der Waals surface area contributed by atoms with Crippen LogP contribution in [-0.2, 0) is 11.3 Å². The predicted molar refractivity (Wildman–Crippen MR) is 80.5 cm³/mol. The monoisotopic (exact) mass is 293 g/mol. The largest absolute Gasteiger partial charge is 0.348 e. The Morgan fingerprint density at radius 3 is 2.57 bits per heavy atom. The van der Waals surface area contributed by atoms with Crippen LogP contribution < -0.4 is 5.32 Å². The van der Waals surface area contributed by atoms with Crippen LogP contribution in [0.25, 0.3) is 0 Å². The second kappa shape index (κ2) is 8.10. The van der Waals surface area contributed by atoms with Crippen molar-refractivity contribution in [2.24, 2.45) is 5.92 Å². The highest BCUT2D eigenvalue weighted by Gasteiger charge is 2.22. The van der Waals surface area contributed by atoms with Gasteiger partial charge in [0.05, 0.1) is 12.6 Å². The van der Waals surface area contributed by atoms with Gasteiger partial charge in [0.15, 0.2) is 5.82 Å². The lowest BCUT2D eigenvalue weighted by Crippen LogP contribution is -2.31. The molecule has 0 aliphatic heterocycles. The zero-order chi connectivity index (χ0) is 15.1. The molecule has 1 N–H and O–H groups in total. The molecule has 1 aliphatic rings. The zero-order valence-corrected chi connectivity index (χ0v) is 13.2. The lowest BCUT2D eigenvalue weighted by Gasteiger charge is -2.16. The van der Waals surface area contributed by atoms with E-state index in [1.165, 1.54) is 12.8 Å². The van der Waals surface area contributed by atoms with Crippen LogP contribution in [-0.4, -0.2) is 26.1 Å². The quantitative estimate of drug-likeness (QED) is 0.799. The normalized spacial score (nSPS) is 15.8. The molecule has 0 bridgehead atoms. The number of carbonyl (C=O) groups excluding carboxylic acids is 1. The van der Waals surface area contributed by atoms with Crippen molar-refractivity contribution in [1.29, 1.82) is 0 Å². The van der Waals surface area contributed by atoms with Crippen molar-refractivity contribution in [1.82, 2.24) is 25.5 Å². The van der Waals surface area contributed by atoms with Crippen molar-refractivity contribution < 1.29 is 4.79 Å². The van der Waals surface area contributed by atoms with Gasteiger partial charge in [-0.1, -0.05) is 39.5 Å². The molecule has 118 valence electrons. The molecule has 0 saturated heterocycles. The Morgan fingerprint density at radius 1 is 1.29 bits per heavy atom. The van der Waals surface area contributed by atoms with Gasteiger partial charge < -0.3 is 5.32 Å². The third kappa shape index (κ3) is 4.25. The second-order valence-corrected chi connectivity index (χ2v) is 5.97. The maximum Gasteiger partial charge on any atom is 0.223 e. The fourth-order valence-electron chi connectivity index (χ4n) is 3.18. The summed E-state index contributed by atoms with van der Waals surface area (Å²) < 4.78 is 1.90. The minimum atomic E-state index is 0.121. The average molecular weight is 293 g/mol. The van der Waals surface area contributed by atoms with Crippen LogP contribution in [0.1, 0.15) is 77.1 Å². The fourth-order valence-corrected chi connectivity index (χ4v) is 3.18. The number of rotatable bonds is 8. The first-order valence-corrected chi connectivity index (χ1v) is 8.30. The van der Waals surface area contributed by atoms with Crippen LogP contribution in [0.2, 0.25) is 0 Å². The van der Waals surface area contributed by atoms with E-state index in [1.807, 2.05) is 4.68 Å². The first kappa shape index (κ1) is 15.9. The van der Waals surface area contributed by atoms with E-state index in [-0.39, 0.29) is 11.8 Å². The molecular weight excluding hydrogens is 266 g/mol. The van der Waals surface area contributed by atoms with E-state index in [2.05, 4.69) is 34.7 Å². The number of carbonyl (C=O) groups is 1. The average Bonchev–Trinajstić information content (AvgIpc) is 3.14. The minimum Gasteiger partial charge on any atom is -0.348 e. The predicted octanol–water partition coefficient (Wildman–Crippen LogP) is 2.62. The Morgan fingerprint density at radius 2 is 1.95 bits per heavy atom. The molecule has 2 rings (SSSR count). The van der Waals surface area contributed by atoms with Gasteiger partial charge in [-0.15, -0.1) is 5.10 Å². The molecule has 0 radical (unpaired) electrons. The maximum atomic E-state index is 12.3. The number of hydrogen-bond donors (Lipinski definition) is 1. The Balaban J connectivity index is 1.90. The van der Waals surface area contributed by atoms with Gasteiger partial charge in [0.25, 0.3) is 0 Å². The molecule has 0 spiro atoms. The highest BCUT2D eigenvalue weighted by Crippen LogP contribution is 2.29. The zero-order valence-electron chi connectivity index (χ0n) is 13.2. The number of amides is 1. The molecule has 1 fully saturated rings. The molecule has 0 unspecified atom stereocenters. The molecule has 0 atom stereocenters. The third-order valence-electron chi connectivity index (χ3n) is 4.30. The lowest BCUT2D eigenvalue weighted by atomic mass is 9.97. The highest BCUT2D eigenvalue weighted by atomic mass is 16.1. The number of aromatic nitrogens is 4. The minimum absolute atomic E-state index is 0.121. The van der Waals surface area contributed by atoms with Crippen LogP contribution in [0.3, 0.4) is 0 Å². The molecular formula is C15H27N5O. The summed E-state index contributed by atoms with van der Waals surface area (Å²) in [4.78, 5) is 12.3. The highest BCUT2D eigenvalue weighted by molar-refractivity contribution is 5.78. The summed E-state index contributed by atoms with van der Waals surface area (Å²) in [5.74, 6) is 1.04. The standard InChI is InChI=1S/C15H27N5O/c1-3-7-12(8-4-2)15(21)16-11-14-17-18-19-20(14)13-9-5-6-10-13/h12-13H,3-11H2,1-2H3,(H,16,21). The first-order valence-electron chi connectivity index (χ1n) is 8.30. The summed E-state index contributed by atoms with van der Waals surface area (Å²) >= 11 is 0. The molecule has 6 nitrogen and oxygen atoms in total. The van der Waals surface area contributed by atoms with E-state index in [0.717, 1.165) is 44.3 Å². The summed E-state index contributed by atoms with van der Waals surface area (Å²) in [5, 5.41) is 15.0. The summed E-state index contributed by atoms with van der Waals surface area (Å²) in [7, 11) is 0. The van der Waals surface area contributed by atoms with Gasteiger partial charge in [0.1, 0.15) is 0 Å². The number of tetrazole rings is 1. The molecule has 21 heavy (non-hydrogen) atoms. The summed E-state index contributed by atoms with van der Waals surface area (Å²) in [6, 6.07) is 0.411. The van der Waals surface area contributed by atoms with E-state index in [1.54, 1.807) is 0 Å². The Kier molecular flexibility index (Phi) is 6.14. The molecule has 1 amide bonds. The van der Waals surface area contributed by atoms with Crippen LogP contribution in [0, 0.1) is 5.92 Å². The van der Waals surface area contributed by atoms with E-state index >= 15 is 0 Å². The first-order chi connectivity index (χ1) is 10.3. The number of hydrogen-bond acceptors (Lipinski definition) is 4. The Labute approximate surface area is 126 Å². The molecule has 1 aromatic rings. The summed E-state index contributed by atoms with van der Waals surface area (Å²) in [6.45, 7) is 4.68. The summed E-state index contributed by atoms with van der Waals surface area (Å²) in [6.07, 6.45) is 8.74. The Hall–Kier alpha value is -1.46. The number of nitrogens with zero attached hydrogens (tertiary/aromatic N) is 4. The van der Waals surface area contributed by atoms with Gasteiger partial charge in [-0.05, 0) is 36.1 Å². The van der Waals surface area contributed by atoms with E-state index in [0.29, 0.717) is 12.6 Å². The molecule has 0 aromatic carbocycles. The van der Waals surface area contributed by atoms with Crippen LogP contribution >= 0.6 is 0 Å². The van der Waals surface area contributed by atoms with Crippen molar-refractivity contribution in [2.45, 2.75) is 77.8 Å². The molecule has 1 aliphatic carbocycles. The van der Waals surface area contributed by atoms with E-state index in [4.69, 9.17) is 0 Å². The maximum absolute atomic E-state index is 12.3. The van der Waals surface area contributed by atoms with Crippen molar-refractivity contribution in [3.8, 4) is 0 Å². The number of nitrogens with one attached hydrogen (secondary N) is 1. The van der Waals surface area contributed by atoms with Crippen LogP contribution in [0.5, 0.6) is 0 Å². The molecule has 1 heterocycles. The van der Waals surface area contributed by atoms with Crippen LogP contribution in [0.15, 0.2) is 0 Å². The third-order valence-corrected chi connectivity index (χ3v) is 4.30. The van der Waals surface area contributed by atoms with E-state index in [9.17, 15) is 4.79 Å². The smallest absolute Gasteiger partial charge is 0.223 e. The van der Waals surface area contributed by atoms with Gasteiger partial charge in [-0.25, -0.2) is 4.68 Å². The SMILES string of the molecule is CCCC(CCC)C(=O)NCc1nnnn1C1CCCC1. The van der Waals surface area contributed by atoms with Crippen molar-refractivity contribution in [3.05, 3.63) is 5.82 Å². The van der Waals surface area contributed by atoms with Gasteiger partial charge in [-0.3, -0.25) is 4.79 Å². The van der Waals surface area contributed by atoms with Crippen molar-refractivity contribution in [3.63, 3.8) is 0 Å².